The van der Waals surface area contributed by atoms with Gasteiger partial charge in [0.05, 0.1) is 17.6 Å². The lowest BCUT2D eigenvalue weighted by Crippen LogP contribution is -3.27. The highest BCUT2D eigenvalue weighted by atomic mass is 35.5. The smallest absolute Gasteiger partial charge is 0.328 e. The maximum absolute atomic E-state index is 12.8. The average Bonchev–Trinajstić information content (AvgIpc) is 2.42. The van der Waals surface area contributed by atoms with Gasteiger partial charge in [0.1, 0.15) is 26.2 Å². The number of likely N-dealkylation sites (N-methyl/N-ethyl adjacent to an activating group) is 1. The molecule has 0 aliphatic carbocycles. The highest BCUT2D eigenvalue weighted by Crippen LogP contribution is 2.36. The van der Waals surface area contributed by atoms with Crippen LogP contribution in [-0.2, 0) is 11.0 Å². The van der Waals surface area contributed by atoms with E-state index in [1.807, 2.05) is 0 Å². The Labute approximate surface area is 131 Å². The van der Waals surface area contributed by atoms with Crippen molar-refractivity contribution in [2.75, 3.05) is 45.1 Å². The van der Waals surface area contributed by atoms with Gasteiger partial charge in [-0.2, -0.15) is 13.2 Å². The lowest BCUT2D eigenvalue weighted by Gasteiger charge is -2.26. The largest absolute Gasteiger partial charge is 0.417 e. The summed E-state index contributed by atoms with van der Waals surface area (Å²) >= 11 is 5.55. The number of rotatable bonds is 3. The third kappa shape index (κ3) is 4.59. The molecule has 122 valence electrons. The topological polar surface area (TPSA) is 38.0 Å². The first kappa shape index (κ1) is 17.1. The summed E-state index contributed by atoms with van der Waals surface area (Å²) in [5, 5.41) is 2.14. The van der Waals surface area contributed by atoms with Gasteiger partial charge in [0.25, 0.3) is 5.91 Å². The minimum absolute atomic E-state index is 0.112. The van der Waals surface area contributed by atoms with Crippen LogP contribution in [0.1, 0.15) is 5.56 Å². The molecule has 0 aromatic heterocycles. The van der Waals surface area contributed by atoms with Crippen molar-refractivity contribution >= 4 is 23.2 Å². The number of anilines is 1. The number of carbonyl (C=O) groups is 1. The van der Waals surface area contributed by atoms with Crippen LogP contribution in [-0.4, -0.2) is 45.7 Å². The van der Waals surface area contributed by atoms with E-state index in [4.69, 9.17) is 11.6 Å². The zero-order valence-corrected chi connectivity index (χ0v) is 12.9. The van der Waals surface area contributed by atoms with Crippen LogP contribution in [0.3, 0.4) is 0 Å². The summed E-state index contributed by atoms with van der Waals surface area (Å²) in [6.07, 6.45) is -4.54. The van der Waals surface area contributed by atoms with Crippen molar-refractivity contribution in [3.8, 4) is 0 Å². The number of nitrogens with one attached hydrogen (secondary N) is 3. The Morgan fingerprint density at radius 1 is 1.27 bits per heavy atom. The summed E-state index contributed by atoms with van der Waals surface area (Å²) in [6.45, 7) is 4.00. The van der Waals surface area contributed by atoms with E-state index < -0.39 is 11.7 Å². The van der Waals surface area contributed by atoms with E-state index in [9.17, 15) is 18.0 Å². The van der Waals surface area contributed by atoms with Crippen LogP contribution in [0, 0.1) is 0 Å². The van der Waals surface area contributed by atoms with E-state index in [1.165, 1.54) is 11.0 Å². The van der Waals surface area contributed by atoms with E-state index in [0.29, 0.717) is 0 Å². The van der Waals surface area contributed by atoms with E-state index in [0.717, 1.165) is 43.2 Å². The SMILES string of the molecule is C[NH+]1CC[NH+](CC(=O)Nc2ccc(Cl)c(C(F)(F)F)c2)CC1. The summed E-state index contributed by atoms with van der Waals surface area (Å²) in [7, 11) is 2.10. The quantitative estimate of drug-likeness (QED) is 0.697. The Hall–Kier alpha value is -1.31. The minimum Gasteiger partial charge on any atom is -0.328 e. The summed E-state index contributed by atoms with van der Waals surface area (Å²) in [5.41, 5.74) is -0.830. The molecule has 1 saturated heterocycles. The number of hydrogen-bond donors (Lipinski definition) is 3. The molecule has 0 bridgehead atoms. The van der Waals surface area contributed by atoms with Crippen molar-refractivity contribution in [1.82, 2.24) is 0 Å². The highest BCUT2D eigenvalue weighted by Gasteiger charge is 2.33. The van der Waals surface area contributed by atoms with Crippen molar-refractivity contribution < 1.29 is 27.8 Å². The number of carbonyl (C=O) groups excluding carboxylic acids is 1. The molecule has 1 fully saturated rings. The van der Waals surface area contributed by atoms with Gasteiger partial charge in [-0.3, -0.25) is 4.79 Å². The second-order valence-corrected chi connectivity index (χ2v) is 6.03. The van der Waals surface area contributed by atoms with Crippen LogP contribution in [0.5, 0.6) is 0 Å². The van der Waals surface area contributed by atoms with Gasteiger partial charge in [-0.05, 0) is 18.2 Å². The molecular weight excluding hydrogens is 319 g/mol. The molecule has 1 amide bonds. The lowest BCUT2D eigenvalue weighted by molar-refractivity contribution is -0.999. The molecule has 1 heterocycles. The van der Waals surface area contributed by atoms with Crippen molar-refractivity contribution in [1.29, 1.82) is 0 Å². The van der Waals surface area contributed by atoms with Gasteiger partial charge in [0.2, 0.25) is 0 Å². The number of alkyl halides is 3. The molecule has 1 aliphatic rings. The maximum Gasteiger partial charge on any atom is 0.417 e. The van der Waals surface area contributed by atoms with Gasteiger partial charge in [-0.15, -0.1) is 0 Å². The molecule has 0 radical (unpaired) electrons. The predicted molar refractivity (Wildman–Crippen MR) is 77.3 cm³/mol. The number of halogens is 4. The monoisotopic (exact) mass is 337 g/mol. The van der Waals surface area contributed by atoms with Crippen molar-refractivity contribution in [2.45, 2.75) is 6.18 Å². The van der Waals surface area contributed by atoms with Crippen LogP contribution >= 0.6 is 11.6 Å². The molecule has 0 spiro atoms. The van der Waals surface area contributed by atoms with Gasteiger partial charge in [-0.25, -0.2) is 0 Å². The zero-order chi connectivity index (χ0) is 16.3. The fraction of sp³-hybridized carbons (Fsp3) is 0.500. The van der Waals surface area contributed by atoms with Crippen LogP contribution in [0.2, 0.25) is 5.02 Å². The van der Waals surface area contributed by atoms with Gasteiger partial charge in [-0.1, -0.05) is 11.6 Å². The zero-order valence-electron chi connectivity index (χ0n) is 12.2. The molecule has 3 N–H and O–H groups in total. The third-order valence-corrected chi connectivity index (χ3v) is 4.11. The second-order valence-electron chi connectivity index (χ2n) is 5.62. The Morgan fingerprint density at radius 2 is 1.91 bits per heavy atom. The number of piperazine rings is 1. The van der Waals surface area contributed by atoms with Gasteiger partial charge >= 0.3 is 6.18 Å². The Balaban J connectivity index is 1.97. The summed E-state index contributed by atoms with van der Waals surface area (Å²) < 4.78 is 38.3. The second kappa shape index (κ2) is 6.85. The molecule has 0 saturated carbocycles. The van der Waals surface area contributed by atoms with Crippen LogP contribution in [0.4, 0.5) is 18.9 Å². The Bertz CT molecular complexity index is 543. The number of hydrogen-bond acceptors (Lipinski definition) is 1. The van der Waals surface area contributed by atoms with E-state index in [2.05, 4.69) is 12.4 Å². The lowest BCUT2D eigenvalue weighted by atomic mass is 10.2. The first-order chi connectivity index (χ1) is 10.3. The van der Waals surface area contributed by atoms with Crippen molar-refractivity contribution in [3.05, 3.63) is 28.8 Å². The first-order valence-corrected chi connectivity index (χ1v) is 7.45. The highest BCUT2D eigenvalue weighted by molar-refractivity contribution is 6.31. The van der Waals surface area contributed by atoms with Gasteiger partial charge in [0.15, 0.2) is 6.54 Å². The van der Waals surface area contributed by atoms with E-state index >= 15 is 0 Å². The predicted octanol–water partition coefficient (Wildman–Crippen LogP) is -0.289. The first-order valence-electron chi connectivity index (χ1n) is 7.07. The Kier molecular flexibility index (Phi) is 5.31. The molecule has 4 nitrogen and oxygen atoms in total. The number of benzene rings is 1. The molecular formula is C14H19ClF3N3O+2. The summed E-state index contributed by atoms with van der Waals surface area (Å²) in [6, 6.07) is 3.38. The molecule has 1 aromatic rings. The van der Waals surface area contributed by atoms with Crippen molar-refractivity contribution in [3.63, 3.8) is 0 Å². The van der Waals surface area contributed by atoms with Crippen LogP contribution in [0.15, 0.2) is 18.2 Å². The van der Waals surface area contributed by atoms with Crippen LogP contribution in [0.25, 0.3) is 0 Å². The summed E-state index contributed by atoms with van der Waals surface area (Å²) in [5.74, 6) is -0.287. The van der Waals surface area contributed by atoms with Gasteiger partial charge in [0, 0.05) is 5.69 Å². The van der Waals surface area contributed by atoms with Gasteiger partial charge < -0.3 is 15.1 Å². The number of quaternary nitrogens is 2. The molecule has 2 rings (SSSR count). The van der Waals surface area contributed by atoms with Crippen molar-refractivity contribution in [2.24, 2.45) is 0 Å². The maximum atomic E-state index is 12.8. The molecule has 22 heavy (non-hydrogen) atoms. The fourth-order valence-electron chi connectivity index (χ4n) is 2.46. The average molecular weight is 338 g/mol. The number of amides is 1. The fourth-order valence-corrected chi connectivity index (χ4v) is 2.68. The molecule has 0 unspecified atom stereocenters. The summed E-state index contributed by atoms with van der Waals surface area (Å²) in [4.78, 5) is 14.5. The molecule has 1 aromatic carbocycles. The normalized spacial score (nSPS) is 22.4. The van der Waals surface area contributed by atoms with Crippen LogP contribution < -0.4 is 15.1 Å². The molecule has 8 heteroatoms. The third-order valence-electron chi connectivity index (χ3n) is 3.78. The minimum atomic E-state index is -4.54. The standard InChI is InChI=1S/C14H17ClF3N3O/c1-20-4-6-21(7-5-20)9-13(22)19-10-2-3-12(15)11(8-10)14(16,17)18/h2-3,8H,4-7,9H2,1H3,(H,19,22)/p+2. The molecule has 1 aliphatic heterocycles. The van der Waals surface area contributed by atoms with E-state index in [1.54, 1.807) is 0 Å². The Morgan fingerprint density at radius 3 is 2.50 bits per heavy atom. The van der Waals surface area contributed by atoms with E-state index in [-0.39, 0.29) is 23.2 Å². The molecule has 0 atom stereocenters.